The predicted octanol–water partition coefficient (Wildman–Crippen LogP) is 3.51. The summed E-state index contributed by atoms with van der Waals surface area (Å²) in [5.74, 6) is 0.668. The number of halogens is 1. The highest BCUT2D eigenvalue weighted by atomic mass is 35.5. The summed E-state index contributed by atoms with van der Waals surface area (Å²) in [6.07, 6.45) is 3.53. The SMILES string of the molecule is O=C1CSC(c2cccc(Cl)c2)N1Cc1cccnc1. The van der Waals surface area contributed by atoms with Crippen LogP contribution in [-0.2, 0) is 11.3 Å². The molecule has 3 rings (SSSR count). The molecule has 1 aromatic carbocycles. The molecule has 2 aromatic rings. The van der Waals surface area contributed by atoms with E-state index in [0.717, 1.165) is 11.1 Å². The summed E-state index contributed by atoms with van der Waals surface area (Å²) in [6, 6.07) is 11.6. The molecule has 1 atom stereocenters. The Morgan fingerprint density at radius 1 is 1.35 bits per heavy atom. The molecule has 2 heterocycles. The van der Waals surface area contributed by atoms with Gasteiger partial charge in [0.2, 0.25) is 5.91 Å². The van der Waals surface area contributed by atoms with E-state index in [0.29, 0.717) is 17.3 Å². The minimum absolute atomic E-state index is 0.0291. The molecule has 1 amide bonds. The molecule has 0 bridgehead atoms. The molecule has 1 aromatic heterocycles. The number of rotatable bonds is 3. The third kappa shape index (κ3) is 2.81. The van der Waals surface area contributed by atoms with Gasteiger partial charge in [0.1, 0.15) is 5.37 Å². The Bertz CT molecular complexity index is 620. The molecular formula is C15H13ClN2OS. The molecule has 3 nitrogen and oxygen atoms in total. The van der Waals surface area contributed by atoms with Crippen LogP contribution in [0.5, 0.6) is 0 Å². The average molecular weight is 305 g/mol. The lowest BCUT2D eigenvalue weighted by Gasteiger charge is -2.24. The second-order valence-electron chi connectivity index (χ2n) is 4.60. The lowest BCUT2D eigenvalue weighted by molar-refractivity contribution is -0.128. The first-order chi connectivity index (χ1) is 9.74. The standard InChI is InChI=1S/C15H13ClN2OS/c16-13-5-1-4-12(7-13)15-18(14(19)10-20-15)9-11-3-2-6-17-8-11/h1-8,15H,9-10H2. The number of hydrogen-bond acceptors (Lipinski definition) is 3. The largest absolute Gasteiger partial charge is 0.321 e. The summed E-state index contributed by atoms with van der Waals surface area (Å²) in [5.41, 5.74) is 2.10. The second-order valence-corrected chi connectivity index (χ2v) is 6.11. The monoisotopic (exact) mass is 304 g/mol. The number of nitrogens with zero attached hydrogens (tertiary/aromatic N) is 2. The molecule has 1 unspecified atom stereocenters. The molecule has 0 N–H and O–H groups in total. The third-order valence-electron chi connectivity index (χ3n) is 3.18. The summed E-state index contributed by atoms with van der Waals surface area (Å²) in [5, 5.41) is 0.727. The van der Waals surface area contributed by atoms with Crippen molar-refractivity contribution in [2.24, 2.45) is 0 Å². The number of carbonyl (C=O) groups excluding carboxylic acids is 1. The smallest absolute Gasteiger partial charge is 0.234 e. The van der Waals surface area contributed by atoms with E-state index in [9.17, 15) is 4.79 Å². The van der Waals surface area contributed by atoms with E-state index >= 15 is 0 Å². The summed E-state index contributed by atoms with van der Waals surface area (Å²) in [7, 11) is 0. The first-order valence-electron chi connectivity index (χ1n) is 6.29. The molecule has 5 heteroatoms. The van der Waals surface area contributed by atoms with Gasteiger partial charge in [0, 0.05) is 24.0 Å². The first-order valence-corrected chi connectivity index (χ1v) is 7.72. The van der Waals surface area contributed by atoms with E-state index < -0.39 is 0 Å². The van der Waals surface area contributed by atoms with Crippen molar-refractivity contribution in [3.8, 4) is 0 Å². The van der Waals surface area contributed by atoms with Crippen molar-refractivity contribution in [2.75, 3.05) is 5.75 Å². The summed E-state index contributed by atoms with van der Waals surface area (Å²) >= 11 is 7.68. The lowest BCUT2D eigenvalue weighted by Crippen LogP contribution is -2.27. The molecule has 0 spiro atoms. The first kappa shape index (κ1) is 13.5. The fraction of sp³-hybridized carbons (Fsp3) is 0.200. The predicted molar refractivity (Wildman–Crippen MR) is 81.4 cm³/mol. The van der Waals surface area contributed by atoms with Crippen LogP contribution in [0.15, 0.2) is 48.8 Å². The van der Waals surface area contributed by atoms with Crippen molar-refractivity contribution in [1.29, 1.82) is 0 Å². The number of carbonyl (C=O) groups is 1. The fourth-order valence-electron chi connectivity index (χ4n) is 2.25. The molecule has 1 aliphatic rings. The summed E-state index contributed by atoms with van der Waals surface area (Å²) < 4.78 is 0. The molecule has 0 saturated carbocycles. The number of thioether (sulfide) groups is 1. The normalized spacial score (nSPS) is 18.6. The Labute approximate surface area is 127 Å². The van der Waals surface area contributed by atoms with Gasteiger partial charge in [-0.2, -0.15) is 0 Å². The van der Waals surface area contributed by atoms with Crippen LogP contribution < -0.4 is 0 Å². The minimum atomic E-state index is 0.0291. The van der Waals surface area contributed by atoms with Gasteiger partial charge in [-0.25, -0.2) is 0 Å². The Hall–Kier alpha value is -1.52. The van der Waals surface area contributed by atoms with E-state index in [1.807, 2.05) is 41.3 Å². The molecule has 1 fully saturated rings. The van der Waals surface area contributed by atoms with Gasteiger partial charge < -0.3 is 4.90 Å². The van der Waals surface area contributed by atoms with Gasteiger partial charge in [0.25, 0.3) is 0 Å². The molecule has 0 aliphatic carbocycles. The van der Waals surface area contributed by atoms with Crippen molar-refractivity contribution in [2.45, 2.75) is 11.9 Å². The number of amides is 1. The second kappa shape index (κ2) is 5.85. The van der Waals surface area contributed by atoms with E-state index in [1.165, 1.54) is 0 Å². The fourth-order valence-corrected chi connectivity index (χ4v) is 3.63. The van der Waals surface area contributed by atoms with E-state index in [1.54, 1.807) is 24.2 Å². The Morgan fingerprint density at radius 2 is 2.25 bits per heavy atom. The zero-order chi connectivity index (χ0) is 13.9. The van der Waals surface area contributed by atoms with Crippen molar-refractivity contribution >= 4 is 29.3 Å². The lowest BCUT2D eigenvalue weighted by atomic mass is 10.2. The third-order valence-corrected chi connectivity index (χ3v) is 4.67. The van der Waals surface area contributed by atoms with E-state index in [4.69, 9.17) is 11.6 Å². The quantitative estimate of drug-likeness (QED) is 0.870. The van der Waals surface area contributed by atoms with Gasteiger partial charge in [-0.1, -0.05) is 29.8 Å². The maximum absolute atomic E-state index is 12.1. The van der Waals surface area contributed by atoms with Crippen LogP contribution in [0.3, 0.4) is 0 Å². The van der Waals surface area contributed by atoms with Crippen LogP contribution in [0.4, 0.5) is 0 Å². The molecule has 1 aliphatic heterocycles. The van der Waals surface area contributed by atoms with Crippen molar-refractivity contribution < 1.29 is 4.79 Å². The minimum Gasteiger partial charge on any atom is -0.321 e. The highest BCUT2D eigenvalue weighted by Crippen LogP contribution is 2.40. The van der Waals surface area contributed by atoms with E-state index in [2.05, 4.69) is 4.98 Å². The molecular weight excluding hydrogens is 292 g/mol. The van der Waals surface area contributed by atoms with Gasteiger partial charge in [-0.15, -0.1) is 11.8 Å². The zero-order valence-corrected chi connectivity index (χ0v) is 12.3. The summed E-state index contributed by atoms with van der Waals surface area (Å²) in [6.45, 7) is 0.580. The molecule has 1 saturated heterocycles. The average Bonchev–Trinajstić information content (AvgIpc) is 2.82. The maximum atomic E-state index is 12.1. The number of aromatic nitrogens is 1. The van der Waals surface area contributed by atoms with Gasteiger partial charge in [0.05, 0.1) is 5.75 Å². The molecule has 20 heavy (non-hydrogen) atoms. The van der Waals surface area contributed by atoms with Crippen LogP contribution in [0.25, 0.3) is 0 Å². The zero-order valence-electron chi connectivity index (χ0n) is 10.7. The highest BCUT2D eigenvalue weighted by Gasteiger charge is 2.32. The maximum Gasteiger partial charge on any atom is 0.234 e. The molecule has 102 valence electrons. The van der Waals surface area contributed by atoms with Crippen LogP contribution in [0, 0.1) is 0 Å². The Balaban J connectivity index is 1.85. The van der Waals surface area contributed by atoms with Crippen molar-refractivity contribution in [1.82, 2.24) is 9.88 Å². The van der Waals surface area contributed by atoms with Crippen LogP contribution in [0.1, 0.15) is 16.5 Å². The van der Waals surface area contributed by atoms with Crippen molar-refractivity contribution in [3.05, 3.63) is 64.9 Å². The Kier molecular flexibility index (Phi) is 3.94. The number of pyridine rings is 1. The van der Waals surface area contributed by atoms with Crippen LogP contribution in [0.2, 0.25) is 5.02 Å². The van der Waals surface area contributed by atoms with Crippen LogP contribution >= 0.6 is 23.4 Å². The summed E-state index contributed by atoms with van der Waals surface area (Å²) in [4.78, 5) is 18.1. The number of benzene rings is 1. The van der Waals surface area contributed by atoms with Gasteiger partial charge in [-0.05, 0) is 29.3 Å². The van der Waals surface area contributed by atoms with Crippen LogP contribution in [-0.4, -0.2) is 21.5 Å². The Morgan fingerprint density at radius 3 is 3.00 bits per heavy atom. The van der Waals surface area contributed by atoms with E-state index in [-0.39, 0.29) is 11.3 Å². The molecule has 0 radical (unpaired) electrons. The topological polar surface area (TPSA) is 33.2 Å². The van der Waals surface area contributed by atoms with Gasteiger partial charge in [0.15, 0.2) is 0 Å². The van der Waals surface area contributed by atoms with Gasteiger partial charge >= 0.3 is 0 Å². The van der Waals surface area contributed by atoms with Gasteiger partial charge in [-0.3, -0.25) is 9.78 Å². The number of hydrogen-bond donors (Lipinski definition) is 0. The van der Waals surface area contributed by atoms with Crippen molar-refractivity contribution in [3.63, 3.8) is 0 Å². The highest BCUT2D eigenvalue weighted by molar-refractivity contribution is 8.00.